The van der Waals surface area contributed by atoms with Gasteiger partial charge in [0.2, 0.25) is 0 Å². The summed E-state index contributed by atoms with van der Waals surface area (Å²) < 4.78 is 26.0. The molecule has 0 aromatic heterocycles. The molecule has 0 N–H and O–H groups in total. The molecule has 1 nitrogen and oxygen atoms in total. The lowest BCUT2D eigenvalue weighted by atomic mass is 9.94. The lowest BCUT2D eigenvalue weighted by molar-refractivity contribution is -0.117. The Labute approximate surface area is 123 Å². The fourth-order valence-corrected chi connectivity index (χ4v) is 2.63. The van der Waals surface area contributed by atoms with Crippen LogP contribution >= 0.6 is 0 Å². The van der Waals surface area contributed by atoms with Crippen LogP contribution in [-0.4, -0.2) is 5.78 Å². The van der Waals surface area contributed by atoms with Gasteiger partial charge < -0.3 is 0 Å². The van der Waals surface area contributed by atoms with Crippen molar-refractivity contribution in [3.05, 3.63) is 69.8 Å². The SMILES string of the molecule is Cc1cc(C)c(CC(=O)Cc2ccc(F)c(F)c2)c(C)c1. The Morgan fingerprint density at radius 1 is 0.905 bits per heavy atom. The molecule has 0 bridgehead atoms. The van der Waals surface area contributed by atoms with Crippen LogP contribution < -0.4 is 0 Å². The minimum absolute atomic E-state index is 0.00365. The van der Waals surface area contributed by atoms with Crippen molar-refractivity contribution in [2.24, 2.45) is 0 Å². The number of Topliss-reactive ketones (excluding diaryl/α,β-unsaturated/α-hetero) is 1. The van der Waals surface area contributed by atoms with E-state index in [1.807, 2.05) is 32.9 Å². The topological polar surface area (TPSA) is 17.1 Å². The van der Waals surface area contributed by atoms with Crippen molar-refractivity contribution in [1.82, 2.24) is 0 Å². The predicted octanol–water partition coefficient (Wildman–Crippen LogP) is 4.24. The average molecular weight is 288 g/mol. The summed E-state index contributed by atoms with van der Waals surface area (Å²) in [5.41, 5.74) is 4.87. The van der Waals surface area contributed by atoms with E-state index in [9.17, 15) is 13.6 Å². The summed E-state index contributed by atoms with van der Waals surface area (Å²) in [5, 5.41) is 0. The summed E-state index contributed by atoms with van der Waals surface area (Å²) in [4.78, 5) is 12.2. The molecule has 0 saturated heterocycles. The Hall–Kier alpha value is -2.03. The predicted molar refractivity (Wildman–Crippen MR) is 79.4 cm³/mol. The molecule has 2 aromatic rings. The normalized spacial score (nSPS) is 10.7. The molecule has 0 aliphatic rings. The van der Waals surface area contributed by atoms with Crippen molar-refractivity contribution in [3.8, 4) is 0 Å². The van der Waals surface area contributed by atoms with E-state index in [2.05, 4.69) is 0 Å². The summed E-state index contributed by atoms with van der Waals surface area (Å²) in [7, 11) is 0. The van der Waals surface area contributed by atoms with Gasteiger partial charge >= 0.3 is 0 Å². The van der Waals surface area contributed by atoms with Crippen LogP contribution in [0.5, 0.6) is 0 Å². The van der Waals surface area contributed by atoms with Gasteiger partial charge in [-0.1, -0.05) is 23.8 Å². The Bertz CT molecular complexity index is 667. The van der Waals surface area contributed by atoms with E-state index in [1.165, 1.54) is 11.6 Å². The highest BCUT2D eigenvalue weighted by Crippen LogP contribution is 2.18. The second-order valence-electron chi connectivity index (χ2n) is 5.52. The molecule has 0 aliphatic heterocycles. The molecule has 0 aliphatic carbocycles. The van der Waals surface area contributed by atoms with Crippen LogP contribution in [0.1, 0.15) is 27.8 Å². The summed E-state index contributed by atoms with van der Waals surface area (Å²) in [6, 6.07) is 7.69. The largest absolute Gasteiger partial charge is 0.299 e. The quantitative estimate of drug-likeness (QED) is 0.822. The van der Waals surface area contributed by atoms with Crippen LogP contribution in [0.3, 0.4) is 0 Å². The zero-order chi connectivity index (χ0) is 15.6. The lowest BCUT2D eigenvalue weighted by Crippen LogP contribution is -2.09. The van der Waals surface area contributed by atoms with E-state index in [4.69, 9.17) is 0 Å². The van der Waals surface area contributed by atoms with Crippen LogP contribution in [0.25, 0.3) is 0 Å². The summed E-state index contributed by atoms with van der Waals surface area (Å²) in [5.74, 6) is -1.81. The van der Waals surface area contributed by atoms with Gasteiger partial charge in [-0.3, -0.25) is 4.79 Å². The Balaban J connectivity index is 2.13. The Kier molecular flexibility index (Phi) is 4.51. The molecule has 0 radical (unpaired) electrons. The molecule has 21 heavy (non-hydrogen) atoms. The van der Waals surface area contributed by atoms with Gasteiger partial charge in [-0.15, -0.1) is 0 Å². The first kappa shape index (κ1) is 15.4. The second kappa shape index (κ2) is 6.17. The van der Waals surface area contributed by atoms with Crippen LogP contribution in [0.15, 0.2) is 30.3 Å². The number of rotatable bonds is 4. The molecule has 0 fully saturated rings. The highest BCUT2D eigenvalue weighted by Gasteiger charge is 2.11. The number of aryl methyl sites for hydroxylation is 3. The molecule has 0 spiro atoms. The third-order valence-corrected chi connectivity index (χ3v) is 3.60. The maximum absolute atomic E-state index is 13.1. The number of carbonyl (C=O) groups excluding carboxylic acids is 1. The molecule has 2 aromatic carbocycles. The molecule has 0 amide bonds. The number of benzene rings is 2. The van der Waals surface area contributed by atoms with Gasteiger partial charge in [-0.25, -0.2) is 8.78 Å². The van der Waals surface area contributed by atoms with E-state index in [0.29, 0.717) is 12.0 Å². The number of hydrogen-bond acceptors (Lipinski definition) is 1. The second-order valence-corrected chi connectivity index (χ2v) is 5.52. The van der Waals surface area contributed by atoms with Crippen LogP contribution in [0, 0.1) is 32.4 Å². The zero-order valence-electron chi connectivity index (χ0n) is 12.5. The maximum Gasteiger partial charge on any atom is 0.159 e. The Morgan fingerprint density at radius 2 is 1.52 bits per heavy atom. The van der Waals surface area contributed by atoms with Gasteiger partial charge in [0.1, 0.15) is 5.78 Å². The van der Waals surface area contributed by atoms with E-state index >= 15 is 0 Å². The van der Waals surface area contributed by atoms with E-state index in [1.54, 1.807) is 0 Å². The summed E-state index contributed by atoms with van der Waals surface area (Å²) in [6.07, 6.45) is 0.431. The number of carbonyl (C=O) groups is 1. The molecular weight excluding hydrogens is 270 g/mol. The number of halogens is 2. The highest BCUT2D eigenvalue weighted by atomic mass is 19.2. The molecule has 0 unspecified atom stereocenters. The first-order valence-electron chi connectivity index (χ1n) is 6.89. The molecule has 110 valence electrons. The summed E-state index contributed by atoms with van der Waals surface area (Å²) >= 11 is 0. The lowest BCUT2D eigenvalue weighted by Gasteiger charge is -2.11. The Morgan fingerprint density at radius 3 is 2.10 bits per heavy atom. The maximum atomic E-state index is 13.1. The van der Waals surface area contributed by atoms with E-state index in [-0.39, 0.29) is 12.2 Å². The molecule has 0 atom stereocenters. The molecule has 2 rings (SSSR count). The van der Waals surface area contributed by atoms with Crippen molar-refractivity contribution in [3.63, 3.8) is 0 Å². The third-order valence-electron chi connectivity index (χ3n) is 3.60. The fourth-order valence-electron chi connectivity index (χ4n) is 2.63. The van der Waals surface area contributed by atoms with Crippen molar-refractivity contribution in [2.45, 2.75) is 33.6 Å². The third kappa shape index (κ3) is 3.75. The van der Waals surface area contributed by atoms with Gasteiger partial charge in [0.25, 0.3) is 0 Å². The minimum atomic E-state index is -0.914. The standard InChI is InChI=1S/C18H18F2O/c1-11-6-12(2)16(13(3)7-11)10-15(21)8-14-4-5-17(19)18(20)9-14/h4-7,9H,8,10H2,1-3H3. The smallest absolute Gasteiger partial charge is 0.159 e. The van der Waals surface area contributed by atoms with Gasteiger partial charge in [-0.05, 0) is 55.2 Å². The van der Waals surface area contributed by atoms with Crippen molar-refractivity contribution >= 4 is 5.78 Å². The molecule has 0 saturated carbocycles. The zero-order valence-corrected chi connectivity index (χ0v) is 12.5. The van der Waals surface area contributed by atoms with E-state index in [0.717, 1.165) is 28.8 Å². The number of hydrogen-bond donors (Lipinski definition) is 0. The van der Waals surface area contributed by atoms with E-state index < -0.39 is 11.6 Å². The van der Waals surface area contributed by atoms with Gasteiger partial charge in [0.15, 0.2) is 11.6 Å². The first-order valence-corrected chi connectivity index (χ1v) is 6.89. The van der Waals surface area contributed by atoms with Gasteiger partial charge in [-0.2, -0.15) is 0 Å². The van der Waals surface area contributed by atoms with Crippen LogP contribution in [0.4, 0.5) is 8.78 Å². The fraction of sp³-hybridized carbons (Fsp3) is 0.278. The van der Waals surface area contributed by atoms with Gasteiger partial charge in [0.05, 0.1) is 0 Å². The molecule has 3 heteroatoms. The summed E-state index contributed by atoms with van der Waals surface area (Å²) in [6.45, 7) is 5.99. The average Bonchev–Trinajstić information content (AvgIpc) is 2.38. The van der Waals surface area contributed by atoms with Crippen molar-refractivity contribution < 1.29 is 13.6 Å². The number of ketones is 1. The molecule has 0 heterocycles. The van der Waals surface area contributed by atoms with Crippen molar-refractivity contribution in [1.29, 1.82) is 0 Å². The van der Waals surface area contributed by atoms with Crippen LogP contribution in [-0.2, 0) is 17.6 Å². The minimum Gasteiger partial charge on any atom is -0.299 e. The van der Waals surface area contributed by atoms with Gasteiger partial charge in [0, 0.05) is 12.8 Å². The highest BCUT2D eigenvalue weighted by molar-refractivity contribution is 5.83. The van der Waals surface area contributed by atoms with Crippen LogP contribution in [0.2, 0.25) is 0 Å². The molecular formula is C18H18F2O. The van der Waals surface area contributed by atoms with Crippen molar-refractivity contribution in [2.75, 3.05) is 0 Å². The first-order chi connectivity index (χ1) is 9.86. The monoisotopic (exact) mass is 288 g/mol.